The molecule has 4 rings (SSSR count). The number of hydrogen-bond acceptors (Lipinski definition) is 4. The number of alkyl halides is 3. The smallest absolute Gasteiger partial charge is 0.332 e. The summed E-state index contributed by atoms with van der Waals surface area (Å²) in [5, 5.41) is 9.76. The lowest BCUT2D eigenvalue weighted by Crippen LogP contribution is -2.41. The summed E-state index contributed by atoms with van der Waals surface area (Å²) < 4.78 is 47.8. The summed E-state index contributed by atoms with van der Waals surface area (Å²) >= 11 is 6.00. The minimum absolute atomic E-state index is 0.0218. The molecule has 1 saturated carbocycles. The third-order valence-corrected chi connectivity index (χ3v) is 6.80. The zero-order valence-electron chi connectivity index (χ0n) is 19.6. The van der Waals surface area contributed by atoms with E-state index < -0.39 is 54.6 Å². The molecule has 0 unspecified atom stereocenters. The van der Waals surface area contributed by atoms with Crippen molar-refractivity contribution in [3.05, 3.63) is 61.5 Å². The fourth-order valence-corrected chi connectivity index (χ4v) is 4.78. The Hall–Kier alpha value is -2.59. The van der Waals surface area contributed by atoms with Gasteiger partial charge in [-0.05, 0) is 50.8 Å². The number of rotatable bonds is 7. The van der Waals surface area contributed by atoms with Crippen LogP contribution in [0.3, 0.4) is 0 Å². The van der Waals surface area contributed by atoms with Gasteiger partial charge in [0, 0.05) is 43.6 Å². The number of aromatic nitrogens is 4. The molecule has 7 nitrogen and oxygen atoms in total. The minimum Gasteiger partial charge on any atom is -0.396 e. The normalized spacial score (nSPS) is 17.4. The number of fused-ring (bicyclic) bond motifs is 1. The van der Waals surface area contributed by atoms with Crippen LogP contribution in [-0.2, 0) is 18.8 Å². The Kier molecular flexibility index (Phi) is 6.89. The lowest BCUT2D eigenvalue weighted by Gasteiger charge is -2.33. The van der Waals surface area contributed by atoms with Gasteiger partial charge in [0.15, 0.2) is 16.8 Å². The largest absolute Gasteiger partial charge is 0.396 e. The molecule has 35 heavy (non-hydrogen) atoms. The summed E-state index contributed by atoms with van der Waals surface area (Å²) in [5.41, 5.74) is -2.72. The first kappa shape index (κ1) is 25.5. The van der Waals surface area contributed by atoms with Crippen molar-refractivity contribution in [2.45, 2.75) is 76.7 Å². The molecule has 0 radical (unpaired) electrons. The molecular weight excluding hydrogens is 485 g/mol. The van der Waals surface area contributed by atoms with Gasteiger partial charge < -0.3 is 9.67 Å². The molecule has 3 aromatic rings. The van der Waals surface area contributed by atoms with Crippen molar-refractivity contribution < 1.29 is 18.3 Å². The van der Waals surface area contributed by atoms with E-state index in [2.05, 4.69) is 4.98 Å². The van der Waals surface area contributed by atoms with E-state index in [1.807, 2.05) is 0 Å². The molecular formula is C24H28ClF3N4O3. The number of hydrogen-bond donors (Lipinski definition) is 1. The predicted octanol–water partition coefficient (Wildman–Crippen LogP) is 4.40. The van der Waals surface area contributed by atoms with Crippen molar-refractivity contribution in [2.75, 3.05) is 6.61 Å². The number of aliphatic hydroxyl groups excluding tert-OH is 1. The molecule has 190 valence electrons. The van der Waals surface area contributed by atoms with Crippen LogP contribution in [0.1, 0.15) is 63.4 Å². The van der Waals surface area contributed by atoms with E-state index >= 15 is 4.39 Å². The summed E-state index contributed by atoms with van der Waals surface area (Å²) in [6, 6.07) is 6.35. The Bertz CT molecular complexity index is 1340. The fourth-order valence-electron chi connectivity index (χ4n) is 4.65. The lowest BCUT2D eigenvalue weighted by molar-refractivity contribution is -0.0803. The zero-order chi connectivity index (χ0) is 25.5. The van der Waals surface area contributed by atoms with E-state index in [-0.39, 0.29) is 43.1 Å². The van der Waals surface area contributed by atoms with Crippen molar-refractivity contribution in [2.24, 2.45) is 0 Å². The van der Waals surface area contributed by atoms with E-state index in [1.54, 1.807) is 38.1 Å². The van der Waals surface area contributed by atoms with Gasteiger partial charge in [-0.2, -0.15) is 0 Å². The first-order chi connectivity index (χ1) is 16.5. The van der Waals surface area contributed by atoms with Crippen LogP contribution in [0, 0.1) is 0 Å². The van der Waals surface area contributed by atoms with Crippen LogP contribution in [0.5, 0.6) is 0 Å². The standard InChI is InChI=1S/C24H28ClF3N4O3/c1-15(2)32-19-18(20(34)30(22(32)35)12-3-13-33)31(14-16-4-6-17(25)7-5-16)21(29-19)23(26)8-10-24(27,28)11-9-23/h4-7,15,33H,3,8-14H2,1-2H3. The molecule has 11 heteroatoms. The van der Waals surface area contributed by atoms with Crippen molar-refractivity contribution >= 4 is 22.8 Å². The summed E-state index contributed by atoms with van der Waals surface area (Å²) in [4.78, 5) is 31.2. The fraction of sp³-hybridized carbons (Fsp3) is 0.542. The van der Waals surface area contributed by atoms with Gasteiger partial charge in [0.1, 0.15) is 5.82 Å². The Labute approximate surface area is 204 Å². The van der Waals surface area contributed by atoms with E-state index in [0.717, 1.165) is 4.57 Å². The highest BCUT2D eigenvalue weighted by molar-refractivity contribution is 6.30. The third kappa shape index (κ3) is 4.78. The van der Waals surface area contributed by atoms with E-state index in [9.17, 15) is 23.5 Å². The van der Waals surface area contributed by atoms with Crippen LogP contribution in [-0.4, -0.2) is 36.3 Å². The van der Waals surface area contributed by atoms with Crippen LogP contribution >= 0.6 is 11.6 Å². The average Bonchev–Trinajstić information content (AvgIpc) is 3.17. The molecule has 0 aliphatic heterocycles. The van der Waals surface area contributed by atoms with Gasteiger partial charge in [0.2, 0.25) is 5.92 Å². The van der Waals surface area contributed by atoms with Crippen LogP contribution in [0.2, 0.25) is 5.02 Å². The van der Waals surface area contributed by atoms with Crippen LogP contribution in [0.15, 0.2) is 33.9 Å². The Morgan fingerprint density at radius 1 is 1.06 bits per heavy atom. The molecule has 1 N–H and O–H groups in total. The maximum absolute atomic E-state index is 16.3. The van der Waals surface area contributed by atoms with E-state index in [0.29, 0.717) is 10.6 Å². The second-order valence-corrected chi connectivity index (χ2v) is 9.86. The SMILES string of the molecule is CC(C)n1c(=O)n(CCCO)c(=O)c2c1nc(C1(F)CCC(F)(F)CC1)n2Cc1ccc(Cl)cc1. The maximum atomic E-state index is 16.3. The number of imidazole rings is 1. The molecule has 1 aliphatic rings. The second-order valence-electron chi connectivity index (χ2n) is 9.42. The molecule has 1 fully saturated rings. The van der Waals surface area contributed by atoms with Crippen molar-refractivity contribution in [3.63, 3.8) is 0 Å². The molecule has 1 aliphatic carbocycles. The van der Waals surface area contributed by atoms with Gasteiger partial charge in [-0.25, -0.2) is 22.9 Å². The van der Waals surface area contributed by atoms with Crippen LogP contribution < -0.4 is 11.2 Å². The van der Waals surface area contributed by atoms with Gasteiger partial charge in [0.25, 0.3) is 5.56 Å². The molecule has 0 saturated heterocycles. The molecule has 1 aromatic carbocycles. The number of nitrogens with zero attached hydrogens (tertiary/aromatic N) is 4. The lowest BCUT2D eigenvalue weighted by atomic mass is 9.83. The van der Waals surface area contributed by atoms with Gasteiger partial charge in [0.05, 0.1) is 0 Å². The summed E-state index contributed by atoms with van der Waals surface area (Å²) in [6.07, 6.45) is -1.99. The molecule has 2 heterocycles. The van der Waals surface area contributed by atoms with Crippen molar-refractivity contribution in [3.8, 4) is 0 Å². The van der Waals surface area contributed by atoms with Crippen LogP contribution in [0.4, 0.5) is 13.2 Å². The Morgan fingerprint density at radius 2 is 1.69 bits per heavy atom. The Morgan fingerprint density at radius 3 is 2.26 bits per heavy atom. The summed E-state index contributed by atoms with van der Waals surface area (Å²) in [7, 11) is 0. The molecule has 2 aromatic heterocycles. The highest BCUT2D eigenvalue weighted by atomic mass is 35.5. The van der Waals surface area contributed by atoms with Crippen molar-refractivity contribution in [1.29, 1.82) is 0 Å². The monoisotopic (exact) mass is 512 g/mol. The zero-order valence-corrected chi connectivity index (χ0v) is 20.4. The average molecular weight is 513 g/mol. The van der Waals surface area contributed by atoms with Gasteiger partial charge >= 0.3 is 5.69 Å². The minimum atomic E-state index is -2.96. The third-order valence-electron chi connectivity index (χ3n) is 6.55. The first-order valence-electron chi connectivity index (χ1n) is 11.7. The highest BCUT2D eigenvalue weighted by Crippen LogP contribution is 2.46. The molecule has 0 atom stereocenters. The molecule has 0 bridgehead atoms. The topological polar surface area (TPSA) is 82.0 Å². The quantitative estimate of drug-likeness (QED) is 0.509. The number of aliphatic hydroxyl groups is 1. The highest BCUT2D eigenvalue weighted by Gasteiger charge is 2.48. The van der Waals surface area contributed by atoms with Gasteiger partial charge in [-0.1, -0.05) is 23.7 Å². The predicted molar refractivity (Wildman–Crippen MR) is 127 cm³/mol. The van der Waals surface area contributed by atoms with Gasteiger partial charge in [-0.3, -0.25) is 13.9 Å². The number of benzene rings is 1. The van der Waals surface area contributed by atoms with E-state index in [4.69, 9.17) is 11.6 Å². The Balaban J connectivity index is 2.01. The van der Waals surface area contributed by atoms with Crippen LogP contribution in [0.25, 0.3) is 11.2 Å². The van der Waals surface area contributed by atoms with Gasteiger partial charge in [-0.15, -0.1) is 0 Å². The second kappa shape index (κ2) is 9.46. The van der Waals surface area contributed by atoms with Crippen molar-refractivity contribution in [1.82, 2.24) is 18.7 Å². The first-order valence-corrected chi connectivity index (χ1v) is 12.0. The summed E-state index contributed by atoms with van der Waals surface area (Å²) in [6.45, 7) is 3.28. The summed E-state index contributed by atoms with van der Waals surface area (Å²) in [5.74, 6) is -3.09. The van der Waals surface area contributed by atoms with E-state index in [1.165, 1.54) is 9.13 Å². The maximum Gasteiger partial charge on any atom is 0.332 e. The number of halogens is 4. The molecule has 0 amide bonds. The molecule has 0 spiro atoms.